The third-order valence-electron chi connectivity index (χ3n) is 5.33. The van der Waals surface area contributed by atoms with Crippen molar-refractivity contribution in [3.63, 3.8) is 0 Å². The van der Waals surface area contributed by atoms with Crippen LogP contribution in [0.1, 0.15) is 28.8 Å². The molecule has 0 spiro atoms. The van der Waals surface area contributed by atoms with Gasteiger partial charge in [0.2, 0.25) is 0 Å². The van der Waals surface area contributed by atoms with Crippen molar-refractivity contribution in [2.75, 3.05) is 19.6 Å². The van der Waals surface area contributed by atoms with Crippen molar-refractivity contribution in [2.24, 2.45) is 0 Å². The topological polar surface area (TPSA) is 23.6 Å². The summed E-state index contributed by atoms with van der Waals surface area (Å²) in [6.07, 6.45) is 3.09. The van der Waals surface area contributed by atoms with Crippen LogP contribution in [0.3, 0.4) is 0 Å². The third kappa shape index (κ3) is 3.49. The number of hydrogen-bond acceptors (Lipinski definition) is 2. The number of amides is 1. The largest absolute Gasteiger partial charge is 0.333 e. The van der Waals surface area contributed by atoms with Gasteiger partial charge in [0, 0.05) is 31.7 Å². The Morgan fingerprint density at radius 1 is 0.962 bits per heavy atom. The van der Waals surface area contributed by atoms with E-state index >= 15 is 0 Å². The van der Waals surface area contributed by atoms with Crippen LogP contribution in [0.25, 0.3) is 0 Å². The van der Waals surface area contributed by atoms with Gasteiger partial charge in [-0.05, 0) is 37.0 Å². The van der Waals surface area contributed by atoms with Crippen LogP contribution in [0.15, 0.2) is 48.5 Å². The van der Waals surface area contributed by atoms with E-state index in [1.54, 1.807) is 4.90 Å². The zero-order valence-corrected chi connectivity index (χ0v) is 14.6. The molecule has 1 heterocycles. The Labute approximate surface area is 152 Å². The number of piperazine rings is 1. The van der Waals surface area contributed by atoms with E-state index < -0.39 is 23.1 Å². The Balaban J connectivity index is 1.60. The van der Waals surface area contributed by atoms with Gasteiger partial charge in [-0.1, -0.05) is 36.4 Å². The van der Waals surface area contributed by atoms with Crippen molar-refractivity contribution >= 4 is 5.91 Å². The van der Waals surface area contributed by atoms with E-state index in [9.17, 15) is 13.6 Å². The quantitative estimate of drug-likeness (QED) is 0.837. The van der Waals surface area contributed by atoms with Gasteiger partial charge in [0.1, 0.15) is 17.2 Å². The van der Waals surface area contributed by atoms with Gasteiger partial charge in [-0.3, -0.25) is 9.69 Å². The van der Waals surface area contributed by atoms with E-state index in [0.717, 1.165) is 30.8 Å². The normalized spacial score (nSPS) is 21.0. The molecule has 2 aliphatic rings. The van der Waals surface area contributed by atoms with Crippen molar-refractivity contribution in [1.82, 2.24) is 9.80 Å². The van der Waals surface area contributed by atoms with E-state index in [0.29, 0.717) is 19.0 Å². The number of benzene rings is 2. The van der Waals surface area contributed by atoms with E-state index in [-0.39, 0.29) is 6.04 Å². The average molecular weight is 356 g/mol. The molecule has 0 radical (unpaired) electrons. The molecule has 3 nitrogen and oxygen atoms in total. The first-order valence-corrected chi connectivity index (χ1v) is 9.16. The van der Waals surface area contributed by atoms with Crippen LogP contribution in [0.2, 0.25) is 0 Å². The van der Waals surface area contributed by atoms with Gasteiger partial charge in [-0.25, -0.2) is 8.78 Å². The summed E-state index contributed by atoms with van der Waals surface area (Å²) in [7, 11) is 0. The number of nitrogens with zero attached hydrogens (tertiary/aromatic N) is 2. The minimum Gasteiger partial charge on any atom is -0.333 e. The second-order valence-corrected chi connectivity index (χ2v) is 7.16. The SMILES string of the molecule is O=C(c1c(F)cccc1F)N1CCN(C2CC2)CC1Cc1ccccc1. The zero-order chi connectivity index (χ0) is 18.1. The van der Waals surface area contributed by atoms with Crippen molar-refractivity contribution in [3.8, 4) is 0 Å². The van der Waals surface area contributed by atoms with Gasteiger partial charge >= 0.3 is 0 Å². The fourth-order valence-electron chi connectivity index (χ4n) is 3.82. The summed E-state index contributed by atoms with van der Waals surface area (Å²) in [5.41, 5.74) is 0.687. The maximum Gasteiger partial charge on any atom is 0.260 e. The Hall–Kier alpha value is -2.27. The molecular weight excluding hydrogens is 334 g/mol. The van der Waals surface area contributed by atoms with E-state index in [4.69, 9.17) is 0 Å². The minimum atomic E-state index is -0.793. The monoisotopic (exact) mass is 356 g/mol. The Morgan fingerprint density at radius 3 is 2.31 bits per heavy atom. The van der Waals surface area contributed by atoms with Crippen LogP contribution in [0.5, 0.6) is 0 Å². The van der Waals surface area contributed by atoms with Gasteiger partial charge in [-0.2, -0.15) is 0 Å². The van der Waals surface area contributed by atoms with Crippen LogP contribution < -0.4 is 0 Å². The smallest absolute Gasteiger partial charge is 0.260 e. The molecule has 4 rings (SSSR count). The lowest BCUT2D eigenvalue weighted by atomic mass is 10.0. The first-order valence-electron chi connectivity index (χ1n) is 9.16. The lowest BCUT2D eigenvalue weighted by molar-refractivity contribution is 0.0428. The molecule has 0 aromatic heterocycles. The van der Waals surface area contributed by atoms with Crippen molar-refractivity contribution < 1.29 is 13.6 Å². The van der Waals surface area contributed by atoms with E-state index in [2.05, 4.69) is 4.90 Å². The summed E-state index contributed by atoms with van der Waals surface area (Å²) >= 11 is 0. The van der Waals surface area contributed by atoms with Gasteiger partial charge < -0.3 is 4.90 Å². The summed E-state index contributed by atoms with van der Waals surface area (Å²) < 4.78 is 28.3. The van der Waals surface area contributed by atoms with Gasteiger partial charge in [0.15, 0.2) is 0 Å². The highest BCUT2D eigenvalue weighted by atomic mass is 19.1. The molecule has 2 aromatic rings. The lowest BCUT2D eigenvalue weighted by Gasteiger charge is -2.42. The standard InChI is InChI=1S/C21H22F2N2O/c22-18-7-4-8-19(23)20(18)21(26)25-12-11-24(16-9-10-16)14-17(25)13-15-5-2-1-3-6-15/h1-8,16-17H,9-14H2. The second-order valence-electron chi connectivity index (χ2n) is 7.16. The lowest BCUT2D eigenvalue weighted by Crippen LogP contribution is -2.56. The predicted octanol–water partition coefficient (Wildman–Crippen LogP) is 3.50. The van der Waals surface area contributed by atoms with E-state index in [1.807, 2.05) is 30.3 Å². The first-order chi connectivity index (χ1) is 12.6. The molecule has 0 bridgehead atoms. The van der Waals surface area contributed by atoms with Crippen LogP contribution in [-0.4, -0.2) is 47.4 Å². The Bertz CT molecular complexity index is 772. The minimum absolute atomic E-state index is 0.0849. The van der Waals surface area contributed by atoms with Crippen LogP contribution in [0.4, 0.5) is 8.78 Å². The molecule has 136 valence electrons. The number of hydrogen-bond donors (Lipinski definition) is 0. The molecule has 0 N–H and O–H groups in total. The molecular formula is C21H22F2N2O. The summed E-state index contributed by atoms with van der Waals surface area (Å²) in [5.74, 6) is -2.13. The second kappa shape index (κ2) is 7.16. The number of carbonyl (C=O) groups is 1. The van der Waals surface area contributed by atoms with E-state index in [1.165, 1.54) is 18.9 Å². The summed E-state index contributed by atoms with van der Waals surface area (Å²) in [6, 6.07) is 14.1. The fourth-order valence-corrected chi connectivity index (χ4v) is 3.82. The zero-order valence-electron chi connectivity index (χ0n) is 14.6. The molecule has 1 unspecified atom stereocenters. The van der Waals surface area contributed by atoms with Crippen molar-refractivity contribution in [1.29, 1.82) is 0 Å². The van der Waals surface area contributed by atoms with Gasteiger partial charge in [-0.15, -0.1) is 0 Å². The Morgan fingerprint density at radius 2 is 1.65 bits per heavy atom. The van der Waals surface area contributed by atoms with Crippen molar-refractivity contribution in [3.05, 3.63) is 71.3 Å². The number of halogens is 2. The number of rotatable bonds is 4. The highest BCUT2D eigenvalue weighted by molar-refractivity contribution is 5.95. The molecule has 5 heteroatoms. The maximum absolute atomic E-state index is 14.1. The highest BCUT2D eigenvalue weighted by Crippen LogP contribution is 2.30. The van der Waals surface area contributed by atoms with Gasteiger partial charge in [0.05, 0.1) is 0 Å². The first kappa shape index (κ1) is 17.2. The molecule has 1 aliphatic carbocycles. The highest BCUT2D eigenvalue weighted by Gasteiger charge is 2.38. The maximum atomic E-state index is 14.1. The summed E-state index contributed by atoms with van der Waals surface area (Å²) in [6.45, 7) is 2.01. The molecule has 1 aliphatic heterocycles. The molecule has 1 amide bonds. The molecule has 1 saturated heterocycles. The van der Waals surface area contributed by atoms with Crippen LogP contribution >= 0.6 is 0 Å². The van der Waals surface area contributed by atoms with Gasteiger partial charge in [0.25, 0.3) is 5.91 Å². The average Bonchev–Trinajstić information content (AvgIpc) is 3.47. The predicted molar refractivity (Wildman–Crippen MR) is 95.9 cm³/mol. The number of carbonyl (C=O) groups excluding carboxylic acids is 1. The van der Waals surface area contributed by atoms with Crippen LogP contribution in [-0.2, 0) is 6.42 Å². The fraction of sp³-hybridized carbons (Fsp3) is 0.381. The van der Waals surface area contributed by atoms with Crippen LogP contribution in [0, 0.1) is 11.6 Å². The Kier molecular flexibility index (Phi) is 4.72. The summed E-state index contributed by atoms with van der Waals surface area (Å²) in [4.78, 5) is 17.0. The molecule has 2 fully saturated rings. The molecule has 1 saturated carbocycles. The molecule has 2 aromatic carbocycles. The van der Waals surface area contributed by atoms with Crippen molar-refractivity contribution in [2.45, 2.75) is 31.3 Å². The summed E-state index contributed by atoms with van der Waals surface area (Å²) in [5, 5.41) is 0. The molecule has 26 heavy (non-hydrogen) atoms. The molecule has 1 atom stereocenters. The third-order valence-corrected chi connectivity index (χ3v) is 5.33.